The summed E-state index contributed by atoms with van der Waals surface area (Å²) in [6.07, 6.45) is 3.52. The van der Waals surface area contributed by atoms with Gasteiger partial charge in [-0.2, -0.15) is 0 Å². The van der Waals surface area contributed by atoms with Gasteiger partial charge in [-0.3, -0.25) is 19.5 Å². The average Bonchev–Trinajstić information content (AvgIpc) is 2.80. The van der Waals surface area contributed by atoms with Crippen LogP contribution in [0.4, 0.5) is 5.69 Å². The molecule has 2 aromatic rings. The number of carbonyl (C=O) groups excluding carboxylic acids is 2. The van der Waals surface area contributed by atoms with E-state index in [9.17, 15) is 9.59 Å². The first-order valence-electron chi connectivity index (χ1n) is 11.2. The van der Waals surface area contributed by atoms with Crippen LogP contribution in [0.25, 0.3) is 0 Å². The topological polar surface area (TPSA) is 84.0 Å². The van der Waals surface area contributed by atoms with Crippen molar-refractivity contribution in [1.29, 1.82) is 0 Å². The minimum Gasteiger partial charge on any atom is -0.491 e. The fraction of sp³-hybridized carbons (Fsp3) is 0.480. The van der Waals surface area contributed by atoms with Gasteiger partial charge in [-0.05, 0) is 42.7 Å². The molecular weight excluding hydrogens is 420 g/mol. The Hall–Kier alpha value is -2.97. The lowest BCUT2D eigenvalue weighted by Gasteiger charge is -2.36. The van der Waals surface area contributed by atoms with Crippen LogP contribution >= 0.6 is 0 Å². The second kappa shape index (κ2) is 11.2. The highest BCUT2D eigenvalue weighted by Crippen LogP contribution is 2.26. The zero-order valence-electron chi connectivity index (χ0n) is 20.1. The van der Waals surface area contributed by atoms with E-state index in [1.807, 2.05) is 12.3 Å². The van der Waals surface area contributed by atoms with Gasteiger partial charge < -0.3 is 19.7 Å². The number of benzene rings is 1. The van der Waals surface area contributed by atoms with Crippen molar-refractivity contribution in [2.24, 2.45) is 5.92 Å². The second-order valence-electron chi connectivity index (χ2n) is 8.78. The summed E-state index contributed by atoms with van der Waals surface area (Å²) in [5.74, 6) is 0.301. The van der Waals surface area contributed by atoms with Crippen molar-refractivity contribution < 1.29 is 19.1 Å². The highest BCUT2D eigenvalue weighted by atomic mass is 16.5. The summed E-state index contributed by atoms with van der Waals surface area (Å²) in [7, 11) is 3.45. The number of hydrogen-bond donors (Lipinski definition) is 1. The van der Waals surface area contributed by atoms with Crippen LogP contribution in [-0.4, -0.2) is 72.6 Å². The number of pyridine rings is 1. The number of carbonyl (C=O) groups is 2. The summed E-state index contributed by atoms with van der Waals surface area (Å²) in [5, 5.41) is 2.74. The van der Waals surface area contributed by atoms with Gasteiger partial charge in [0.25, 0.3) is 5.91 Å². The third-order valence-electron chi connectivity index (χ3n) is 6.00. The average molecular weight is 455 g/mol. The van der Waals surface area contributed by atoms with Gasteiger partial charge in [-0.15, -0.1) is 0 Å². The van der Waals surface area contributed by atoms with Crippen molar-refractivity contribution in [1.82, 2.24) is 14.8 Å². The number of aromatic nitrogens is 1. The molecule has 8 nitrogen and oxygen atoms in total. The highest BCUT2D eigenvalue weighted by Gasteiger charge is 2.28. The van der Waals surface area contributed by atoms with Gasteiger partial charge in [-0.1, -0.05) is 13.0 Å². The third kappa shape index (κ3) is 6.52. The molecule has 1 N–H and O–H groups in total. The standard InChI is InChI=1S/C25H34N4O4/c1-17-13-29(14-20-7-6-10-26-12-20)18(2)16-33-23-9-8-21(27-19(3)30)11-22(23)25(31)28(4)15-24(17)32-5/h6-12,17-18,24H,13-16H2,1-5H3,(H,27,30)/t17-,18+,24-/m0/s1. The zero-order chi connectivity index (χ0) is 24.0. The van der Waals surface area contributed by atoms with Crippen molar-refractivity contribution in [3.8, 4) is 5.75 Å². The summed E-state index contributed by atoms with van der Waals surface area (Å²) in [4.78, 5) is 33.1. The molecule has 1 aliphatic heterocycles. The minimum atomic E-state index is -0.197. The molecule has 33 heavy (non-hydrogen) atoms. The maximum absolute atomic E-state index is 13.3. The van der Waals surface area contributed by atoms with E-state index in [1.165, 1.54) is 6.92 Å². The molecule has 1 aromatic carbocycles. The fourth-order valence-electron chi connectivity index (χ4n) is 4.08. The van der Waals surface area contributed by atoms with E-state index >= 15 is 0 Å². The molecule has 3 rings (SSSR count). The van der Waals surface area contributed by atoms with E-state index in [2.05, 4.69) is 35.1 Å². The van der Waals surface area contributed by atoms with Gasteiger partial charge in [0.05, 0.1) is 11.7 Å². The summed E-state index contributed by atoms with van der Waals surface area (Å²) in [6, 6.07) is 9.26. The molecule has 8 heteroatoms. The molecule has 0 radical (unpaired) electrons. The van der Waals surface area contributed by atoms with Crippen LogP contribution in [0.2, 0.25) is 0 Å². The number of amides is 2. The lowest BCUT2D eigenvalue weighted by atomic mass is 10.0. The van der Waals surface area contributed by atoms with Crippen molar-refractivity contribution in [3.63, 3.8) is 0 Å². The molecule has 0 aliphatic carbocycles. The van der Waals surface area contributed by atoms with Gasteiger partial charge in [0, 0.05) is 64.8 Å². The zero-order valence-corrected chi connectivity index (χ0v) is 20.1. The normalized spacial score (nSPS) is 22.5. The lowest BCUT2D eigenvalue weighted by Crippen LogP contribution is -2.46. The van der Waals surface area contributed by atoms with Gasteiger partial charge in [0.2, 0.25) is 5.91 Å². The van der Waals surface area contributed by atoms with Gasteiger partial charge in [0.15, 0.2) is 0 Å². The molecule has 2 amide bonds. The lowest BCUT2D eigenvalue weighted by molar-refractivity contribution is -0.114. The van der Waals surface area contributed by atoms with Crippen LogP contribution in [-0.2, 0) is 16.1 Å². The molecular formula is C25H34N4O4. The number of nitrogens with zero attached hydrogens (tertiary/aromatic N) is 3. The summed E-state index contributed by atoms with van der Waals surface area (Å²) in [5.41, 5.74) is 2.10. The molecule has 0 saturated heterocycles. The quantitative estimate of drug-likeness (QED) is 0.765. The SMILES string of the molecule is CO[C@H]1CN(C)C(=O)c2cc(NC(C)=O)ccc2OC[C@@H](C)N(Cc2cccnc2)C[C@@H]1C. The number of fused-ring (bicyclic) bond motifs is 1. The Labute approximate surface area is 195 Å². The Morgan fingerprint density at radius 3 is 2.73 bits per heavy atom. The maximum Gasteiger partial charge on any atom is 0.257 e. The Kier molecular flexibility index (Phi) is 8.41. The Balaban J connectivity index is 1.94. The molecule has 0 fully saturated rings. The van der Waals surface area contributed by atoms with Crippen LogP contribution in [0.15, 0.2) is 42.7 Å². The van der Waals surface area contributed by atoms with Crippen molar-refractivity contribution in [3.05, 3.63) is 53.9 Å². The number of hydrogen-bond acceptors (Lipinski definition) is 6. The van der Waals surface area contributed by atoms with Crippen molar-refractivity contribution >= 4 is 17.5 Å². The molecule has 1 aliphatic rings. The predicted molar refractivity (Wildman–Crippen MR) is 127 cm³/mol. The Bertz CT molecular complexity index is 953. The summed E-state index contributed by atoms with van der Waals surface area (Å²) in [6.45, 7) is 8.08. The summed E-state index contributed by atoms with van der Waals surface area (Å²) >= 11 is 0. The molecule has 0 bridgehead atoms. The van der Waals surface area contributed by atoms with E-state index in [0.29, 0.717) is 30.2 Å². The van der Waals surface area contributed by atoms with E-state index < -0.39 is 0 Å². The van der Waals surface area contributed by atoms with Crippen LogP contribution in [0, 0.1) is 5.92 Å². The molecule has 2 heterocycles. The molecule has 1 aromatic heterocycles. The largest absolute Gasteiger partial charge is 0.491 e. The number of ether oxygens (including phenoxy) is 2. The maximum atomic E-state index is 13.3. The number of rotatable bonds is 4. The van der Waals surface area contributed by atoms with Gasteiger partial charge in [-0.25, -0.2) is 0 Å². The summed E-state index contributed by atoms with van der Waals surface area (Å²) < 4.78 is 12.0. The Morgan fingerprint density at radius 2 is 2.06 bits per heavy atom. The molecule has 0 spiro atoms. The van der Waals surface area contributed by atoms with E-state index in [-0.39, 0.29) is 29.9 Å². The molecule has 0 saturated carbocycles. The van der Waals surface area contributed by atoms with E-state index in [0.717, 1.165) is 18.7 Å². The molecule has 178 valence electrons. The smallest absolute Gasteiger partial charge is 0.257 e. The van der Waals surface area contributed by atoms with Crippen LogP contribution in [0.1, 0.15) is 36.7 Å². The van der Waals surface area contributed by atoms with E-state index in [1.54, 1.807) is 43.5 Å². The third-order valence-corrected chi connectivity index (χ3v) is 6.00. The highest BCUT2D eigenvalue weighted by molar-refractivity contribution is 5.99. The van der Waals surface area contributed by atoms with Gasteiger partial charge in [0.1, 0.15) is 12.4 Å². The Morgan fingerprint density at radius 1 is 1.27 bits per heavy atom. The molecule has 0 unspecified atom stereocenters. The van der Waals surface area contributed by atoms with Crippen LogP contribution < -0.4 is 10.1 Å². The number of likely N-dealkylation sites (N-methyl/N-ethyl adjacent to an activating group) is 1. The first-order valence-corrected chi connectivity index (χ1v) is 11.2. The second-order valence-corrected chi connectivity index (χ2v) is 8.78. The number of anilines is 1. The van der Waals surface area contributed by atoms with E-state index in [4.69, 9.17) is 9.47 Å². The number of nitrogens with one attached hydrogen (secondary N) is 1. The predicted octanol–water partition coefficient (Wildman–Crippen LogP) is 3.05. The fourth-order valence-corrected chi connectivity index (χ4v) is 4.08. The van der Waals surface area contributed by atoms with Crippen molar-refractivity contribution in [2.75, 3.05) is 39.2 Å². The monoisotopic (exact) mass is 454 g/mol. The first-order chi connectivity index (χ1) is 15.8. The van der Waals surface area contributed by atoms with Crippen LogP contribution in [0.5, 0.6) is 5.75 Å². The van der Waals surface area contributed by atoms with Crippen LogP contribution in [0.3, 0.4) is 0 Å². The molecule has 3 atom stereocenters. The number of methoxy groups -OCH3 is 1. The minimum absolute atomic E-state index is 0.0836. The van der Waals surface area contributed by atoms with Gasteiger partial charge >= 0.3 is 0 Å². The van der Waals surface area contributed by atoms with Crippen molar-refractivity contribution in [2.45, 2.75) is 39.5 Å². The first kappa shape index (κ1) is 24.7.